The molecule has 1 aliphatic heterocycles. The summed E-state index contributed by atoms with van der Waals surface area (Å²) in [7, 11) is 0. The van der Waals surface area contributed by atoms with Crippen molar-refractivity contribution in [3.63, 3.8) is 0 Å². The Hall–Kier alpha value is -0.570. The molecule has 1 rings (SSSR count). The van der Waals surface area contributed by atoms with Crippen LogP contribution in [0.3, 0.4) is 0 Å². The average molecular weight is 187 g/mol. The molecule has 0 radical (unpaired) electrons. The molecule has 0 aromatic rings. The molecule has 0 amide bonds. The monoisotopic (exact) mass is 187 g/mol. The highest BCUT2D eigenvalue weighted by atomic mass is 19.1. The summed E-state index contributed by atoms with van der Waals surface area (Å²) in [5.41, 5.74) is -0.0382. The second-order valence-corrected chi connectivity index (χ2v) is 4.34. The molecule has 13 heavy (non-hydrogen) atoms. The normalized spacial score (nSPS) is 19.5. The van der Waals surface area contributed by atoms with Crippen molar-refractivity contribution < 1.29 is 9.13 Å². The maximum atomic E-state index is 13.4. The molecule has 1 heterocycles. The quantitative estimate of drug-likeness (QED) is 0.729. The van der Waals surface area contributed by atoms with Gasteiger partial charge in [0.2, 0.25) is 0 Å². The molecule has 0 saturated heterocycles. The molecule has 1 aliphatic rings. The number of nitrogens with one attached hydrogen (secondary N) is 1. The van der Waals surface area contributed by atoms with E-state index < -0.39 is 6.17 Å². The highest BCUT2D eigenvalue weighted by molar-refractivity contribution is 5.05. The molecule has 0 aliphatic carbocycles. The Morgan fingerprint density at radius 1 is 1.62 bits per heavy atom. The van der Waals surface area contributed by atoms with Gasteiger partial charge in [0.05, 0.1) is 6.61 Å². The van der Waals surface area contributed by atoms with Crippen LogP contribution in [0.4, 0.5) is 4.39 Å². The van der Waals surface area contributed by atoms with Gasteiger partial charge in [-0.1, -0.05) is 0 Å². The average Bonchev–Trinajstić information content (AvgIpc) is 2.50. The molecule has 0 aromatic carbocycles. The molecule has 0 spiro atoms. The second-order valence-electron chi connectivity index (χ2n) is 4.34. The van der Waals surface area contributed by atoms with Gasteiger partial charge >= 0.3 is 0 Å². The van der Waals surface area contributed by atoms with Gasteiger partial charge in [-0.25, -0.2) is 4.39 Å². The third kappa shape index (κ3) is 3.77. The summed E-state index contributed by atoms with van der Waals surface area (Å²) >= 11 is 0. The summed E-state index contributed by atoms with van der Waals surface area (Å²) in [6.07, 6.45) is 1.67. The lowest BCUT2D eigenvalue weighted by atomic mass is 10.1. The van der Waals surface area contributed by atoms with Crippen molar-refractivity contribution >= 4 is 0 Å². The summed E-state index contributed by atoms with van der Waals surface area (Å²) in [5, 5.41) is 3.10. The molecule has 1 atom stereocenters. The number of hydrogen-bond donors (Lipinski definition) is 1. The molecular formula is C10H18FNO. The smallest absolute Gasteiger partial charge is 0.169 e. The molecule has 1 N–H and O–H groups in total. The van der Waals surface area contributed by atoms with Crippen LogP contribution >= 0.6 is 0 Å². The summed E-state index contributed by atoms with van der Waals surface area (Å²) in [6.45, 7) is 7.01. The molecule has 1 unspecified atom stereocenters. The number of hydrogen-bond acceptors (Lipinski definition) is 2. The highest BCUT2D eigenvalue weighted by Crippen LogP contribution is 2.16. The highest BCUT2D eigenvalue weighted by Gasteiger charge is 2.19. The first-order valence-corrected chi connectivity index (χ1v) is 4.71. The van der Waals surface area contributed by atoms with E-state index >= 15 is 0 Å². The van der Waals surface area contributed by atoms with Crippen LogP contribution < -0.4 is 5.32 Å². The van der Waals surface area contributed by atoms with Gasteiger partial charge in [0, 0.05) is 18.5 Å². The number of halogens is 1. The molecule has 76 valence electrons. The van der Waals surface area contributed by atoms with Crippen LogP contribution in [0, 0.1) is 0 Å². The Labute approximate surface area is 79.2 Å². The third-order valence-electron chi connectivity index (χ3n) is 1.85. The van der Waals surface area contributed by atoms with E-state index in [0.717, 1.165) is 6.42 Å². The summed E-state index contributed by atoms with van der Waals surface area (Å²) in [4.78, 5) is 0. The first-order valence-electron chi connectivity index (χ1n) is 4.71. The van der Waals surface area contributed by atoms with E-state index in [4.69, 9.17) is 4.74 Å². The minimum Gasteiger partial charge on any atom is -0.495 e. The molecule has 0 bridgehead atoms. The fraction of sp³-hybridized carbons (Fsp3) is 0.800. The zero-order chi connectivity index (χ0) is 9.90. The van der Waals surface area contributed by atoms with Crippen molar-refractivity contribution in [3.8, 4) is 0 Å². The van der Waals surface area contributed by atoms with Crippen LogP contribution in [-0.4, -0.2) is 24.9 Å². The zero-order valence-corrected chi connectivity index (χ0v) is 8.56. The van der Waals surface area contributed by atoms with Crippen LogP contribution in [0.5, 0.6) is 0 Å². The van der Waals surface area contributed by atoms with Crippen LogP contribution in [-0.2, 0) is 4.74 Å². The van der Waals surface area contributed by atoms with E-state index in [1.54, 1.807) is 0 Å². The van der Waals surface area contributed by atoms with E-state index in [0.29, 0.717) is 18.9 Å². The lowest BCUT2D eigenvalue weighted by molar-refractivity contribution is 0.173. The number of ether oxygens (including phenoxy) is 1. The molecule has 0 aromatic heterocycles. The standard InChI is InChI=1S/C10H18FNO/c1-10(2,3)12-7-8(11)9-5-4-6-13-9/h5,8,12H,4,6-7H2,1-3H3. The van der Waals surface area contributed by atoms with Crippen molar-refractivity contribution in [1.29, 1.82) is 0 Å². The van der Waals surface area contributed by atoms with Crippen LogP contribution in [0.25, 0.3) is 0 Å². The summed E-state index contributed by atoms with van der Waals surface area (Å²) in [5.74, 6) is 0.497. The van der Waals surface area contributed by atoms with E-state index in [-0.39, 0.29) is 5.54 Å². The topological polar surface area (TPSA) is 21.3 Å². The summed E-state index contributed by atoms with van der Waals surface area (Å²) in [6, 6.07) is 0. The molecular weight excluding hydrogens is 169 g/mol. The predicted octanol–water partition coefficient (Wildman–Crippen LogP) is 2.02. The zero-order valence-electron chi connectivity index (χ0n) is 8.56. The molecule has 3 heteroatoms. The van der Waals surface area contributed by atoms with Gasteiger partial charge in [0.15, 0.2) is 6.17 Å². The van der Waals surface area contributed by atoms with Crippen molar-refractivity contribution in [3.05, 3.63) is 11.8 Å². The summed E-state index contributed by atoms with van der Waals surface area (Å²) < 4.78 is 18.5. The van der Waals surface area contributed by atoms with Gasteiger partial charge < -0.3 is 10.1 Å². The Kier molecular flexibility index (Phi) is 3.31. The van der Waals surface area contributed by atoms with E-state index in [1.807, 2.05) is 26.8 Å². The Morgan fingerprint density at radius 3 is 2.77 bits per heavy atom. The molecule has 0 fully saturated rings. The van der Waals surface area contributed by atoms with E-state index in [2.05, 4.69) is 5.32 Å². The van der Waals surface area contributed by atoms with Gasteiger partial charge in [-0.15, -0.1) is 0 Å². The maximum Gasteiger partial charge on any atom is 0.169 e. The van der Waals surface area contributed by atoms with E-state index in [1.165, 1.54) is 0 Å². The SMILES string of the molecule is CC(C)(C)NCC(F)C1=CCCO1. The predicted molar refractivity (Wildman–Crippen MR) is 51.3 cm³/mol. The second kappa shape index (κ2) is 4.09. The van der Waals surface area contributed by atoms with Gasteiger partial charge in [0.25, 0.3) is 0 Å². The maximum absolute atomic E-state index is 13.4. The van der Waals surface area contributed by atoms with Gasteiger partial charge in [-0.3, -0.25) is 0 Å². The number of rotatable bonds is 3. The van der Waals surface area contributed by atoms with Crippen molar-refractivity contribution in [2.45, 2.75) is 38.9 Å². The Balaban J connectivity index is 2.29. The van der Waals surface area contributed by atoms with E-state index in [9.17, 15) is 4.39 Å². The lowest BCUT2D eigenvalue weighted by Crippen LogP contribution is -2.40. The van der Waals surface area contributed by atoms with Gasteiger partial charge in [-0.2, -0.15) is 0 Å². The van der Waals surface area contributed by atoms with Gasteiger partial charge in [-0.05, 0) is 26.8 Å². The number of alkyl halides is 1. The van der Waals surface area contributed by atoms with Crippen molar-refractivity contribution in [2.24, 2.45) is 0 Å². The van der Waals surface area contributed by atoms with Crippen LogP contribution in [0.2, 0.25) is 0 Å². The van der Waals surface area contributed by atoms with Gasteiger partial charge in [0.1, 0.15) is 5.76 Å². The fourth-order valence-corrected chi connectivity index (χ4v) is 1.15. The van der Waals surface area contributed by atoms with Crippen LogP contribution in [0.15, 0.2) is 11.8 Å². The third-order valence-corrected chi connectivity index (χ3v) is 1.85. The molecule has 0 saturated carbocycles. The Bertz CT molecular complexity index is 196. The first-order chi connectivity index (χ1) is 5.99. The minimum atomic E-state index is -0.998. The lowest BCUT2D eigenvalue weighted by Gasteiger charge is -2.22. The van der Waals surface area contributed by atoms with Crippen LogP contribution in [0.1, 0.15) is 27.2 Å². The van der Waals surface area contributed by atoms with Crippen molar-refractivity contribution in [1.82, 2.24) is 5.32 Å². The molecule has 2 nitrogen and oxygen atoms in total. The fourth-order valence-electron chi connectivity index (χ4n) is 1.15. The Morgan fingerprint density at radius 2 is 2.31 bits per heavy atom. The minimum absolute atomic E-state index is 0.0382. The first kappa shape index (κ1) is 10.5. The largest absolute Gasteiger partial charge is 0.495 e. The van der Waals surface area contributed by atoms with Crippen molar-refractivity contribution in [2.75, 3.05) is 13.2 Å².